The Hall–Kier alpha value is -3.41. The summed E-state index contributed by atoms with van der Waals surface area (Å²) in [6.45, 7) is 2.05. The first kappa shape index (κ1) is 15.1. The number of aryl methyl sites for hydroxylation is 1. The van der Waals surface area contributed by atoms with Gasteiger partial charge in [0.05, 0.1) is 24.6 Å². The van der Waals surface area contributed by atoms with Gasteiger partial charge in [0.15, 0.2) is 18.0 Å². The van der Waals surface area contributed by atoms with E-state index in [1.165, 1.54) is 6.39 Å². The molecular formula is C19H16N4O2. The minimum atomic E-state index is 0.630. The second kappa shape index (κ2) is 6.24. The third-order valence-electron chi connectivity index (χ3n) is 4.01. The quantitative estimate of drug-likeness (QED) is 0.567. The Balaban J connectivity index is 1.73. The van der Waals surface area contributed by atoms with Crippen molar-refractivity contribution in [2.45, 2.75) is 6.92 Å². The fourth-order valence-corrected chi connectivity index (χ4v) is 2.71. The zero-order chi connectivity index (χ0) is 17.2. The SMILES string of the molecule is COc1cc(-c2ncn(-c3ccccc3C)n2)ccc1-c1cnco1. The number of aromatic nitrogens is 4. The van der Waals surface area contributed by atoms with E-state index in [2.05, 4.69) is 15.1 Å². The second-order valence-corrected chi connectivity index (χ2v) is 5.58. The highest BCUT2D eigenvalue weighted by molar-refractivity contribution is 5.71. The van der Waals surface area contributed by atoms with Gasteiger partial charge in [0.1, 0.15) is 12.1 Å². The largest absolute Gasteiger partial charge is 0.496 e. The van der Waals surface area contributed by atoms with E-state index in [1.807, 2.05) is 49.4 Å². The van der Waals surface area contributed by atoms with Gasteiger partial charge in [-0.3, -0.25) is 0 Å². The Morgan fingerprint density at radius 1 is 1.12 bits per heavy atom. The zero-order valence-corrected chi connectivity index (χ0v) is 13.9. The first-order chi connectivity index (χ1) is 12.3. The van der Waals surface area contributed by atoms with Gasteiger partial charge in [-0.1, -0.05) is 24.3 Å². The molecule has 0 saturated heterocycles. The molecule has 6 nitrogen and oxygen atoms in total. The van der Waals surface area contributed by atoms with Crippen LogP contribution >= 0.6 is 0 Å². The molecule has 0 aliphatic rings. The number of methoxy groups -OCH3 is 1. The minimum absolute atomic E-state index is 0.630. The van der Waals surface area contributed by atoms with Gasteiger partial charge in [-0.2, -0.15) is 0 Å². The summed E-state index contributed by atoms with van der Waals surface area (Å²) in [5.41, 5.74) is 3.85. The Kier molecular flexibility index (Phi) is 3.78. The van der Waals surface area contributed by atoms with E-state index in [4.69, 9.17) is 9.15 Å². The van der Waals surface area contributed by atoms with Crippen LogP contribution in [0, 0.1) is 6.92 Å². The van der Waals surface area contributed by atoms with Gasteiger partial charge in [-0.15, -0.1) is 5.10 Å². The number of benzene rings is 2. The molecule has 0 amide bonds. The van der Waals surface area contributed by atoms with Crippen molar-refractivity contribution in [3.8, 4) is 34.1 Å². The molecule has 0 N–H and O–H groups in total. The summed E-state index contributed by atoms with van der Waals surface area (Å²) < 4.78 is 12.6. The average molecular weight is 332 g/mol. The molecule has 2 aromatic carbocycles. The lowest BCUT2D eigenvalue weighted by molar-refractivity contribution is 0.415. The number of hydrogen-bond donors (Lipinski definition) is 0. The summed E-state index contributed by atoms with van der Waals surface area (Å²) in [5.74, 6) is 1.97. The van der Waals surface area contributed by atoms with Crippen molar-refractivity contribution in [2.24, 2.45) is 0 Å². The van der Waals surface area contributed by atoms with Crippen LogP contribution < -0.4 is 4.74 Å². The summed E-state index contributed by atoms with van der Waals surface area (Å²) in [6.07, 6.45) is 4.77. The van der Waals surface area contributed by atoms with E-state index < -0.39 is 0 Å². The van der Waals surface area contributed by atoms with Crippen molar-refractivity contribution >= 4 is 0 Å². The molecule has 6 heteroatoms. The summed E-state index contributed by atoms with van der Waals surface area (Å²) in [7, 11) is 1.62. The number of rotatable bonds is 4. The second-order valence-electron chi connectivity index (χ2n) is 5.58. The Bertz CT molecular complexity index is 1010. The van der Waals surface area contributed by atoms with E-state index >= 15 is 0 Å². The van der Waals surface area contributed by atoms with Crippen molar-refractivity contribution < 1.29 is 9.15 Å². The summed E-state index contributed by atoms with van der Waals surface area (Å²) >= 11 is 0. The van der Waals surface area contributed by atoms with Crippen LogP contribution in [-0.4, -0.2) is 26.9 Å². The van der Waals surface area contributed by atoms with Crippen molar-refractivity contribution in [3.05, 3.63) is 66.9 Å². The van der Waals surface area contributed by atoms with Gasteiger partial charge < -0.3 is 9.15 Å². The van der Waals surface area contributed by atoms with E-state index in [0.29, 0.717) is 17.3 Å². The van der Waals surface area contributed by atoms with E-state index in [0.717, 1.165) is 22.4 Å². The molecule has 0 aliphatic carbocycles. The van der Waals surface area contributed by atoms with Crippen LogP contribution in [0.3, 0.4) is 0 Å². The fraction of sp³-hybridized carbons (Fsp3) is 0.105. The van der Waals surface area contributed by atoms with Crippen LogP contribution in [0.4, 0.5) is 0 Å². The Labute approximate surface area is 144 Å². The molecule has 0 bridgehead atoms. The molecule has 0 spiro atoms. The first-order valence-electron chi connectivity index (χ1n) is 7.81. The van der Waals surface area contributed by atoms with Crippen LogP contribution in [0.2, 0.25) is 0 Å². The van der Waals surface area contributed by atoms with Gasteiger partial charge in [-0.05, 0) is 30.7 Å². The molecule has 25 heavy (non-hydrogen) atoms. The number of para-hydroxylation sites is 1. The van der Waals surface area contributed by atoms with Gasteiger partial charge in [0.25, 0.3) is 0 Å². The van der Waals surface area contributed by atoms with Crippen LogP contribution in [0.1, 0.15) is 5.56 Å². The lowest BCUT2D eigenvalue weighted by atomic mass is 10.1. The number of ether oxygens (including phenoxy) is 1. The lowest BCUT2D eigenvalue weighted by Crippen LogP contribution is -1.97. The lowest BCUT2D eigenvalue weighted by Gasteiger charge is -2.07. The highest BCUT2D eigenvalue weighted by atomic mass is 16.5. The first-order valence-corrected chi connectivity index (χ1v) is 7.81. The van der Waals surface area contributed by atoms with Crippen molar-refractivity contribution in [3.63, 3.8) is 0 Å². The van der Waals surface area contributed by atoms with Crippen LogP contribution in [0.5, 0.6) is 5.75 Å². The van der Waals surface area contributed by atoms with Crippen LogP contribution in [-0.2, 0) is 0 Å². The van der Waals surface area contributed by atoms with Crippen molar-refractivity contribution in [2.75, 3.05) is 7.11 Å². The average Bonchev–Trinajstić information content (AvgIpc) is 3.33. The molecular weight excluding hydrogens is 316 g/mol. The smallest absolute Gasteiger partial charge is 0.181 e. The van der Waals surface area contributed by atoms with Gasteiger partial charge in [0, 0.05) is 5.56 Å². The molecule has 4 aromatic rings. The molecule has 0 aliphatic heterocycles. The number of oxazole rings is 1. The fourth-order valence-electron chi connectivity index (χ4n) is 2.71. The third-order valence-corrected chi connectivity index (χ3v) is 4.01. The van der Waals surface area contributed by atoms with Crippen molar-refractivity contribution in [1.82, 2.24) is 19.7 Å². The summed E-state index contributed by atoms with van der Waals surface area (Å²) in [4.78, 5) is 8.38. The van der Waals surface area contributed by atoms with Gasteiger partial charge in [-0.25, -0.2) is 14.6 Å². The van der Waals surface area contributed by atoms with Crippen LogP contribution in [0.25, 0.3) is 28.4 Å². The highest BCUT2D eigenvalue weighted by Crippen LogP contribution is 2.33. The maximum Gasteiger partial charge on any atom is 0.181 e. The van der Waals surface area contributed by atoms with Gasteiger partial charge in [0.2, 0.25) is 0 Å². The van der Waals surface area contributed by atoms with E-state index in [-0.39, 0.29) is 0 Å². The van der Waals surface area contributed by atoms with Gasteiger partial charge >= 0.3 is 0 Å². The summed E-state index contributed by atoms with van der Waals surface area (Å²) in [6, 6.07) is 13.8. The predicted octanol–water partition coefficient (Wildman–Crippen LogP) is 3.91. The Morgan fingerprint density at radius 2 is 2.00 bits per heavy atom. The molecule has 0 saturated carbocycles. The molecule has 2 heterocycles. The maximum absolute atomic E-state index is 5.49. The topological polar surface area (TPSA) is 66.0 Å². The number of hydrogen-bond acceptors (Lipinski definition) is 5. The molecule has 4 rings (SSSR count). The zero-order valence-electron chi connectivity index (χ0n) is 13.9. The molecule has 0 radical (unpaired) electrons. The molecule has 0 fully saturated rings. The Morgan fingerprint density at radius 3 is 2.76 bits per heavy atom. The molecule has 2 aromatic heterocycles. The standard InChI is InChI=1S/C19H16N4O2/c1-13-5-3-4-6-16(13)23-11-21-19(22-23)14-7-8-15(17(9-14)24-2)18-10-20-12-25-18/h3-12H,1-2H3. The van der Waals surface area contributed by atoms with E-state index in [9.17, 15) is 0 Å². The monoisotopic (exact) mass is 332 g/mol. The number of nitrogens with zero attached hydrogens (tertiary/aromatic N) is 4. The summed E-state index contributed by atoms with van der Waals surface area (Å²) in [5, 5.41) is 4.59. The predicted molar refractivity (Wildman–Crippen MR) is 93.6 cm³/mol. The minimum Gasteiger partial charge on any atom is -0.496 e. The molecule has 0 unspecified atom stereocenters. The maximum atomic E-state index is 5.49. The molecule has 124 valence electrons. The highest BCUT2D eigenvalue weighted by Gasteiger charge is 2.13. The normalized spacial score (nSPS) is 10.8. The van der Waals surface area contributed by atoms with Crippen LogP contribution in [0.15, 0.2) is 65.8 Å². The third kappa shape index (κ3) is 2.78. The van der Waals surface area contributed by atoms with E-state index in [1.54, 1.807) is 24.3 Å². The van der Waals surface area contributed by atoms with Crippen molar-refractivity contribution in [1.29, 1.82) is 0 Å². The molecule has 0 atom stereocenters.